The molecule has 0 amide bonds. The zero-order valence-corrected chi connectivity index (χ0v) is 8.05. The van der Waals surface area contributed by atoms with E-state index in [9.17, 15) is 4.79 Å². The lowest BCUT2D eigenvalue weighted by atomic mass is 10.7. The predicted molar refractivity (Wildman–Crippen MR) is 50.4 cm³/mol. The smallest absolute Gasteiger partial charge is 0.316 e. The molecule has 2 nitrogen and oxygen atoms in total. The van der Waals surface area contributed by atoms with E-state index in [4.69, 9.17) is 0 Å². The lowest BCUT2D eigenvalue weighted by Gasteiger charge is -1.94. The Morgan fingerprint density at radius 2 is 2.33 bits per heavy atom. The van der Waals surface area contributed by atoms with Gasteiger partial charge in [0.15, 0.2) is 0 Å². The monoisotopic (exact) mass is 260 g/mol. The normalized spacial score (nSPS) is 7.22. The van der Waals surface area contributed by atoms with Crippen molar-refractivity contribution in [2.24, 2.45) is 0 Å². The molecule has 0 saturated heterocycles. The van der Waals surface area contributed by atoms with Crippen LogP contribution in [-0.4, -0.2) is 17.0 Å². The van der Waals surface area contributed by atoms with Crippen LogP contribution < -0.4 is 0 Å². The van der Waals surface area contributed by atoms with Crippen LogP contribution in [0.2, 0.25) is 0 Å². The number of hydrogen-bond donors (Lipinski definition) is 0. The molecule has 0 bridgehead atoms. The molecule has 0 heterocycles. The molecule has 54 valence electrons. The third-order valence-corrected chi connectivity index (χ3v) is 1.09. The van der Waals surface area contributed by atoms with Gasteiger partial charge in [0.05, 0.1) is 4.43 Å². The van der Waals surface area contributed by atoms with Crippen molar-refractivity contribution in [1.29, 1.82) is 0 Å². The second-order valence-electron chi connectivity index (χ2n) is 1.11. The first-order valence-electron chi connectivity index (χ1n) is 2.13. The minimum absolute atomic E-state index is 0. The van der Waals surface area contributed by atoms with Crippen LogP contribution in [0.3, 0.4) is 0 Å². The fraction of sp³-hybridized carbons (Fsp3) is 0.400. The number of halogens is 1. The molecule has 9 heavy (non-hydrogen) atoms. The van der Waals surface area contributed by atoms with Crippen LogP contribution in [-0.2, 0) is 9.53 Å². The maximum absolute atomic E-state index is 10.3. The predicted octanol–water partition coefficient (Wildman–Crippen LogP) is 1.26. The van der Waals surface area contributed by atoms with Crippen molar-refractivity contribution in [3.63, 3.8) is 0 Å². The lowest BCUT2D eigenvalue weighted by molar-refractivity contribution is -0.138. The summed E-state index contributed by atoms with van der Waals surface area (Å²) in [4.78, 5) is 10.3. The summed E-state index contributed by atoms with van der Waals surface area (Å²) in [6, 6.07) is 0. The first-order chi connectivity index (χ1) is 3.81. The van der Waals surface area contributed by atoms with Crippen molar-refractivity contribution in [3.8, 4) is 0 Å². The van der Waals surface area contributed by atoms with Crippen molar-refractivity contribution in [3.05, 3.63) is 12.7 Å². The SMILES string of the molecule is C=CCOC(=O)CI.S. The summed E-state index contributed by atoms with van der Waals surface area (Å²) in [5, 5.41) is 0. The van der Waals surface area contributed by atoms with Gasteiger partial charge in [-0.15, -0.1) is 0 Å². The Balaban J connectivity index is 0. The zero-order chi connectivity index (χ0) is 6.41. The minimum atomic E-state index is -0.189. The third kappa shape index (κ3) is 8.29. The van der Waals surface area contributed by atoms with Gasteiger partial charge in [0, 0.05) is 0 Å². The second kappa shape index (κ2) is 8.29. The van der Waals surface area contributed by atoms with Gasteiger partial charge in [0.2, 0.25) is 0 Å². The van der Waals surface area contributed by atoms with Gasteiger partial charge in [-0.05, 0) is 0 Å². The number of hydrogen-bond acceptors (Lipinski definition) is 2. The first-order valence-corrected chi connectivity index (χ1v) is 3.66. The molecule has 0 unspecified atom stereocenters. The van der Waals surface area contributed by atoms with Crippen LogP contribution >= 0.6 is 36.1 Å². The van der Waals surface area contributed by atoms with E-state index in [0.717, 1.165) is 0 Å². The van der Waals surface area contributed by atoms with Crippen molar-refractivity contribution in [1.82, 2.24) is 0 Å². The van der Waals surface area contributed by atoms with Crippen molar-refractivity contribution in [2.75, 3.05) is 11.0 Å². The number of ether oxygens (including phenoxy) is 1. The molecule has 0 aliphatic rings. The summed E-state index contributed by atoms with van der Waals surface area (Å²) < 4.78 is 4.98. The Morgan fingerprint density at radius 1 is 1.78 bits per heavy atom. The third-order valence-electron chi connectivity index (χ3n) is 0.471. The largest absolute Gasteiger partial charge is 0.461 e. The molecule has 4 heteroatoms. The molecule has 0 aromatic carbocycles. The first kappa shape index (κ1) is 12.0. The van der Waals surface area contributed by atoms with Crippen LogP contribution in [0.5, 0.6) is 0 Å². The standard InChI is InChI=1S/C5H7IO2.H2S/c1-2-3-8-5(7)4-6;/h2H,1,3-4H2;1H2. The number of alkyl halides is 1. The van der Waals surface area contributed by atoms with Crippen molar-refractivity contribution < 1.29 is 9.53 Å². The van der Waals surface area contributed by atoms with E-state index in [0.29, 0.717) is 11.0 Å². The lowest BCUT2D eigenvalue weighted by Crippen LogP contribution is -2.04. The average molecular weight is 260 g/mol. The van der Waals surface area contributed by atoms with E-state index in [1.54, 1.807) is 6.08 Å². The fourth-order valence-electron chi connectivity index (χ4n) is 0.190. The van der Waals surface area contributed by atoms with E-state index in [1.165, 1.54) is 0 Å². The molecule has 0 fully saturated rings. The van der Waals surface area contributed by atoms with E-state index in [2.05, 4.69) is 11.3 Å². The van der Waals surface area contributed by atoms with Crippen LogP contribution in [0, 0.1) is 0 Å². The van der Waals surface area contributed by atoms with Gasteiger partial charge in [-0.2, -0.15) is 13.5 Å². The van der Waals surface area contributed by atoms with E-state index >= 15 is 0 Å². The Labute approximate surface area is 75.2 Å². The van der Waals surface area contributed by atoms with Crippen LogP contribution in [0.15, 0.2) is 12.7 Å². The summed E-state index contributed by atoms with van der Waals surface area (Å²) >= 11 is 1.94. The summed E-state index contributed by atoms with van der Waals surface area (Å²) in [6.07, 6.45) is 1.55. The molecular formula is C5H9IO2S. The molecule has 0 radical (unpaired) electrons. The van der Waals surface area contributed by atoms with Gasteiger partial charge in [-0.1, -0.05) is 35.2 Å². The number of rotatable bonds is 3. The topological polar surface area (TPSA) is 26.3 Å². The molecule has 0 aromatic heterocycles. The summed E-state index contributed by atoms with van der Waals surface area (Å²) in [5.74, 6) is -0.189. The summed E-state index contributed by atoms with van der Waals surface area (Å²) in [5.41, 5.74) is 0. The summed E-state index contributed by atoms with van der Waals surface area (Å²) in [6.45, 7) is 3.71. The van der Waals surface area contributed by atoms with Crippen molar-refractivity contribution in [2.45, 2.75) is 0 Å². The van der Waals surface area contributed by atoms with Gasteiger partial charge in [-0.25, -0.2) is 0 Å². The zero-order valence-electron chi connectivity index (χ0n) is 4.89. The number of esters is 1. The average Bonchev–Trinajstić information content (AvgIpc) is 1.83. The molecule has 0 N–H and O–H groups in total. The van der Waals surface area contributed by atoms with Crippen LogP contribution in [0.4, 0.5) is 0 Å². The van der Waals surface area contributed by atoms with Gasteiger partial charge in [0.1, 0.15) is 6.61 Å². The van der Waals surface area contributed by atoms with Crippen LogP contribution in [0.25, 0.3) is 0 Å². The Morgan fingerprint density at radius 3 is 2.67 bits per heavy atom. The quantitative estimate of drug-likeness (QED) is 0.330. The van der Waals surface area contributed by atoms with E-state index in [1.807, 2.05) is 22.6 Å². The highest BCUT2D eigenvalue weighted by Crippen LogP contribution is 1.84. The Kier molecular flexibility index (Phi) is 11.1. The van der Waals surface area contributed by atoms with Gasteiger partial charge in [0.25, 0.3) is 0 Å². The highest BCUT2D eigenvalue weighted by atomic mass is 127. The van der Waals surface area contributed by atoms with Gasteiger partial charge in [-0.3, -0.25) is 4.79 Å². The molecule has 0 atom stereocenters. The maximum atomic E-state index is 10.3. The maximum Gasteiger partial charge on any atom is 0.316 e. The molecule has 0 saturated carbocycles. The van der Waals surface area contributed by atoms with Gasteiger partial charge < -0.3 is 4.74 Å². The van der Waals surface area contributed by atoms with Gasteiger partial charge >= 0.3 is 5.97 Å². The molecule has 0 aliphatic heterocycles. The summed E-state index contributed by atoms with van der Waals surface area (Å²) in [7, 11) is 0. The Hall–Kier alpha value is 0.290. The molecule has 0 spiro atoms. The van der Waals surface area contributed by atoms with Crippen molar-refractivity contribution >= 4 is 42.1 Å². The fourth-order valence-corrected chi connectivity index (χ4v) is 0.411. The highest BCUT2D eigenvalue weighted by Gasteiger charge is 1.93. The molecule has 0 rings (SSSR count). The second-order valence-corrected chi connectivity index (χ2v) is 1.87. The van der Waals surface area contributed by atoms with E-state index in [-0.39, 0.29) is 19.5 Å². The molecule has 0 aliphatic carbocycles. The minimum Gasteiger partial charge on any atom is -0.461 e. The van der Waals surface area contributed by atoms with E-state index < -0.39 is 0 Å². The highest BCUT2D eigenvalue weighted by molar-refractivity contribution is 14.1. The molecule has 0 aromatic rings. The molecular weight excluding hydrogens is 251 g/mol. The number of carbonyl (C=O) groups excluding carboxylic acids is 1. The van der Waals surface area contributed by atoms with Crippen LogP contribution in [0.1, 0.15) is 0 Å². The number of carbonyl (C=O) groups is 1. The Bertz CT molecular complexity index is 95.0.